The third kappa shape index (κ3) is 3.36. The summed E-state index contributed by atoms with van der Waals surface area (Å²) in [6.45, 7) is 4.90. The predicted molar refractivity (Wildman–Crippen MR) is 90.9 cm³/mol. The van der Waals surface area contributed by atoms with Crippen molar-refractivity contribution >= 4 is 23.6 Å². The molecule has 4 heteroatoms. The highest BCUT2D eigenvalue weighted by atomic mass is 35.5. The van der Waals surface area contributed by atoms with Crippen LogP contribution in [0.4, 0.5) is 0 Å². The molecule has 3 nitrogen and oxygen atoms in total. The molecule has 2 bridgehead atoms. The lowest BCUT2D eigenvalue weighted by Crippen LogP contribution is -2.55. The van der Waals surface area contributed by atoms with Crippen molar-refractivity contribution in [2.75, 3.05) is 19.6 Å². The van der Waals surface area contributed by atoms with Gasteiger partial charge in [-0.3, -0.25) is 9.69 Å². The molecule has 0 radical (unpaired) electrons. The van der Waals surface area contributed by atoms with Gasteiger partial charge in [0, 0.05) is 43.2 Å². The molecule has 0 N–H and O–H groups in total. The van der Waals surface area contributed by atoms with E-state index < -0.39 is 0 Å². The van der Waals surface area contributed by atoms with Crippen LogP contribution in [0, 0.1) is 0 Å². The maximum atomic E-state index is 12.0. The quantitative estimate of drug-likeness (QED) is 0.849. The standard InChI is InChI=1S/C18H23ClN2O/c1-2-18(22)21-16-8-9-17(21)13-20(12-16)10-4-6-14-5-3-7-15(19)11-14/h3-7,11,16-17H,2,8-10,12-13H2,1H3/b6-4+. The van der Waals surface area contributed by atoms with Gasteiger partial charge in [0.15, 0.2) is 0 Å². The van der Waals surface area contributed by atoms with E-state index >= 15 is 0 Å². The van der Waals surface area contributed by atoms with E-state index in [9.17, 15) is 4.79 Å². The molecule has 22 heavy (non-hydrogen) atoms. The first-order chi connectivity index (χ1) is 10.7. The Morgan fingerprint density at radius 1 is 1.32 bits per heavy atom. The molecule has 2 fully saturated rings. The number of piperazine rings is 1. The van der Waals surface area contributed by atoms with Crippen molar-refractivity contribution in [2.24, 2.45) is 0 Å². The lowest BCUT2D eigenvalue weighted by atomic mass is 10.1. The van der Waals surface area contributed by atoms with Crippen molar-refractivity contribution in [1.82, 2.24) is 9.80 Å². The minimum absolute atomic E-state index is 0.321. The molecule has 0 aliphatic carbocycles. The van der Waals surface area contributed by atoms with Crippen LogP contribution in [0.2, 0.25) is 5.02 Å². The van der Waals surface area contributed by atoms with Crippen molar-refractivity contribution in [3.63, 3.8) is 0 Å². The molecule has 0 spiro atoms. The smallest absolute Gasteiger partial charge is 0.222 e. The van der Waals surface area contributed by atoms with Crippen LogP contribution in [-0.2, 0) is 4.79 Å². The Morgan fingerprint density at radius 2 is 2.05 bits per heavy atom. The maximum absolute atomic E-state index is 12.0. The molecule has 118 valence electrons. The Bertz CT molecular complexity index is 558. The van der Waals surface area contributed by atoms with Crippen LogP contribution >= 0.6 is 11.6 Å². The Kier molecular flexibility index (Phi) is 4.84. The summed E-state index contributed by atoms with van der Waals surface area (Å²) in [5.74, 6) is 0.321. The monoisotopic (exact) mass is 318 g/mol. The Labute approximate surface area is 137 Å². The van der Waals surface area contributed by atoms with Gasteiger partial charge < -0.3 is 4.90 Å². The second-order valence-corrected chi connectivity index (χ2v) is 6.65. The number of carbonyl (C=O) groups is 1. The summed E-state index contributed by atoms with van der Waals surface area (Å²) < 4.78 is 0. The molecule has 2 atom stereocenters. The van der Waals surface area contributed by atoms with Crippen molar-refractivity contribution in [1.29, 1.82) is 0 Å². The van der Waals surface area contributed by atoms with Gasteiger partial charge in [0.2, 0.25) is 5.91 Å². The zero-order chi connectivity index (χ0) is 15.5. The van der Waals surface area contributed by atoms with E-state index in [0.717, 1.165) is 43.1 Å². The zero-order valence-corrected chi connectivity index (χ0v) is 13.8. The van der Waals surface area contributed by atoms with Gasteiger partial charge in [0.05, 0.1) is 0 Å². The van der Waals surface area contributed by atoms with Crippen molar-refractivity contribution in [3.05, 3.63) is 40.9 Å². The van der Waals surface area contributed by atoms with E-state index in [-0.39, 0.29) is 0 Å². The number of carbonyl (C=O) groups excluding carboxylic acids is 1. The summed E-state index contributed by atoms with van der Waals surface area (Å²) in [7, 11) is 0. The molecule has 1 aromatic carbocycles. The fraction of sp³-hybridized carbons (Fsp3) is 0.500. The largest absolute Gasteiger partial charge is 0.334 e. The number of rotatable bonds is 4. The molecule has 2 unspecified atom stereocenters. The first-order valence-electron chi connectivity index (χ1n) is 8.13. The van der Waals surface area contributed by atoms with Crippen LogP contribution in [0.15, 0.2) is 30.3 Å². The lowest BCUT2D eigenvalue weighted by molar-refractivity contribution is -0.136. The molecule has 0 saturated carbocycles. The van der Waals surface area contributed by atoms with Crippen LogP contribution in [0.1, 0.15) is 31.7 Å². The van der Waals surface area contributed by atoms with Gasteiger partial charge in [0.1, 0.15) is 0 Å². The van der Waals surface area contributed by atoms with Gasteiger partial charge in [0.25, 0.3) is 0 Å². The normalized spacial score (nSPS) is 25.1. The average Bonchev–Trinajstić information content (AvgIpc) is 2.77. The maximum Gasteiger partial charge on any atom is 0.222 e. The van der Waals surface area contributed by atoms with Gasteiger partial charge in [-0.25, -0.2) is 0 Å². The van der Waals surface area contributed by atoms with Gasteiger partial charge in [-0.2, -0.15) is 0 Å². The highest BCUT2D eigenvalue weighted by Crippen LogP contribution is 2.30. The Balaban J connectivity index is 1.57. The van der Waals surface area contributed by atoms with E-state index in [2.05, 4.69) is 28.0 Å². The topological polar surface area (TPSA) is 23.6 Å². The molecule has 0 aromatic heterocycles. The molecule has 2 saturated heterocycles. The molecular weight excluding hydrogens is 296 g/mol. The lowest BCUT2D eigenvalue weighted by Gasteiger charge is -2.40. The molecule has 1 amide bonds. The summed E-state index contributed by atoms with van der Waals surface area (Å²) in [4.78, 5) is 16.7. The fourth-order valence-electron chi connectivity index (χ4n) is 3.68. The minimum Gasteiger partial charge on any atom is -0.334 e. The molecule has 2 aliphatic heterocycles. The number of hydrogen-bond acceptors (Lipinski definition) is 2. The van der Waals surface area contributed by atoms with Crippen LogP contribution in [-0.4, -0.2) is 47.4 Å². The van der Waals surface area contributed by atoms with Gasteiger partial charge in [-0.1, -0.05) is 42.8 Å². The number of amides is 1. The van der Waals surface area contributed by atoms with Crippen molar-refractivity contribution in [3.8, 4) is 0 Å². The highest BCUT2D eigenvalue weighted by molar-refractivity contribution is 6.30. The number of halogens is 1. The summed E-state index contributed by atoms with van der Waals surface area (Å²) >= 11 is 6.00. The van der Waals surface area contributed by atoms with Gasteiger partial charge >= 0.3 is 0 Å². The minimum atomic E-state index is 0.321. The van der Waals surface area contributed by atoms with Crippen molar-refractivity contribution < 1.29 is 4.79 Å². The second-order valence-electron chi connectivity index (χ2n) is 6.22. The summed E-state index contributed by atoms with van der Waals surface area (Å²) in [5.41, 5.74) is 1.13. The second kappa shape index (κ2) is 6.84. The van der Waals surface area contributed by atoms with E-state index in [1.54, 1.807) is 0 Å². The predicted octanol–water partition coefficient (Wildman–Crippen LogP) is 3.44. The number of fused-ring (bicyclic) bond motifs is 2. The molecule has 1 aromatic rings. The van der Waals surface area contributed by atoms with Crippen LogP contribution in [0.3, 0.4) is 0 Å². The average molecular weight is 319 g/mol. The summed E-state index contributed by atoms with van der Waals surface area (Å²) in [6.07, 6.45) is 7.26. The third-order valence-corrected chi connectivity index (χ3v) is 4.91. The van der Waals surface area contributed by atoms with Crippen LogP contribution in [0.25, 0.3) is 6.08 Å². The molecule has 2 aliphatic rings. The highest BCUT2D eigenvalue weighted by Gasteiger charge is 2.41. The number of hydrogen-bond donors (Lipinski definition) is 0. The molecular formula is C18H23ClN2O. The summed E-state index contributed by atoms with van der Waals surface area (Å²) in [5, 5.41) is 0.770. The first-order valence-corrected chi connectivity index (χ1v) is 8.51. The fourth-order valence-corrected chi connectivity index (χ4v) is 3.88. The first kappa shape index (κ1) is 15.6. The number of benzene rings is 1. The van der Waals surface area contributed by atoms with Crippen LogP contribution < -0.4 is 0 Å². The van der Waals surface area contributed by atoms with E-state index in [1.807, 2.05) is 25.1 Å². The SMILES string of the molecule is CCC(=O)N1C2CCC1CN(C/C=C/c1cccc(Cl)c1)C2. The Morgan fingerprint density at radius 3 is 2.68 bits per heavy atom. The van der Waals surface area contributed by atoms with Crippen LogP contribution in [0.5, 0.6) is 0 Å². The molecule has 2 heterocycles. The van der Waals surface area contributed by atoms with Crippen molar-refractivity contribution in [2.45, 2.75) is 38.3 Å². The Hall–Kier alpha value is -1.32. The summed E-state index contributed by atoms with van der Waals surface area (Å²) in [6, 6.07) is 8.73. The number of likely N-dealkylation sites (tertiary alicyclic amines) is 1. The zero-order valence-electron chi connectivity index (χ0n) is 13.0. The van der Waals surface area contributed by atoms with E-state index in [1.165, 1.54) is 0 Å². The third-order valence-electron chi connectivity index (χ3n) is 4.67. The number of nitrogens with zero attached hydrogens (tertiary/aromatic N) is 2. The molecule has 3 rings (SSSR count). The van der Waals surface area contributed by atoms with Gasteiger partial charge in [-0.15, -0.1) is 0 Å². The van der Waals surface area contributed by atoms with Gasteiger partial charge in [-0.05, 0) is 30.5 Å². The van der Waals surface area contributed by atoms with E-state index in [4.69, 9.17) is 11.6 Å². The van der Waals surface area contributed by atoms with E-state index in [0.29, 0.717) is 24.4 Å².